The van der Waals surface area contributed by atoms with Gasteiger partial charge in [-0.1, -0.05) is 13.3 Å². The Hall–Kier alpha value is -0.550. The highest BCUT2D eigenvalue weighted by atomic mass is 16.3. The molecule has 0 spiro atoms. The van der Waals surface area contributed by atoms with Crippen LogP contribution >= 0.6 is 0 Å². The van der Waals surface area contributed by atoms with Gasteiger partial charge in [-0.3, -0.25) is 0 Å². The van der Waals surface area contributed by atoms with E-state index < -0.39 is 11.0 Å². The monoisotopic (exact) mass is 207 g/mol. The lowest BCUT2D eigenvalue weighted by molar-refractivity contribution is -0.131. The lowest BCUT2D eigenvalue weighted by atomic mass is 9.55. The van der Waals surface area contributed by atoms with E-state index in [4.69, 9.17) is 0 Å². The van der Waals surface area contributed by atoms with Crippen LogP contribution in [0.2, 0.25) is 0 Å². The van der Waals surface area contributed by atoms with Crippen molar-refractivity contribution in [1.29, 1.82) is 5.26 Å². The summed E-state index contributed by atoms with van der Waals surface area (Å²) in [4.78, 5) is 0. The first-order valence-corrected chi connectivity index (χ1v) is 6.29. The SMILES string of the molecule is CCC1CCC(C#N)(C2(O)CCC2)CC1. The summed E-state index contributed by atoms with van der Waals surface area (Å²) in [6, 6.07) is 2.45. The van der Waals surface area contributed by atoms with Gasteiger partial charge in [-0.2, -0.15) is 5.26 Å². The summed E-state index contributed by atoms with van der Waals surface area (Å²) < 4.78 is 0. The number of hydrogen-bond donors (Lipinski definition) is 1. The highest BCUT2D eigenvalue weighted by Gasteiger charge is 2.55. The molecular weight excluding hydrogens is 186 g/mol. The highest BCUT2D eigenvalue weighted by molar-refractivity contribution is 5.15. The van der Waals surface area contributed by atoms with Gasteiger partial charge in [-0.05, 0) is 50.9 Å². The van der Waals surface area contributed by atoms with Crippen LogP contribution in [-0.2, 0) is 0 Å². The predicted octanol–water partition coefficient (Wildman–Crippen LogP) is 3.01. The molecule has 2 aliphatic carbocycles. The molecule has 0 unspecified atom stereocenters. The zero-order valence-corrected chi connectivity index (χ0v) is 9.63. The van der Waals surface area contributed by atoms with Crippen LogP contribution in [-0.4, -0.2) is 10.7 Å². The molecule has 0 amide bonds. The van der Waals surface area contributed by atoms with Gasteiger partial charge in [0.15, 0.2) is 0 Å². The van der Waals surface area contributed by atoms with E-state index in [-0.39, 0.29) is 0 Å². The molecule has 1 N–H and O–H groups in total. The molecule has 84 valence electrons. The second-order valence-electron chi connectivity index (χ2n) is 5.43. The Morgan fingerprint density at radius 2 is 1.87 bits per heavy atom. The Morgan fingerprint density at radius 1 is 1.27 bits per heavy atom. The second-order valence-corrected chi connectivity index (χ2v) is 5.43. The average molecular weight is 207 g/mol. The minimum Gasteiger partial charge on any atom is -0.388 e. The molecular formula is C13H21NO. The second kappa shape index (κ2) is 3.79. The van der Waals surface area contributed by atoms with Crippen molar-refractivity contribution in [3.63, 3.8) is 0 Å². The molecule has 0 atom stereocenters. The van der Waals surface area contributed by atoms with E-state index in [1.165, 1.54) is 6.42 Å². The lowest BCUT2D eigenvalue weighted by Gasteiger charge is -2.51. The molecule has 2 fully saturated rings. The Kier molecular flexibility index (Phi) is 2.77. The van der Waals surface area contributed by atoms with Gasteiger partial charge in [0.2, 0.25) is 0 Å². The van der Waals surface area contributed by atoms with E-state index in [1.54, 1.807) is 0 Å². The van der Waals surface area contributed by atoms with Crippen LogP contribution in [0.5, 0.6) is 0 Å². The summed E-state index contributed by atoms with van der Waals surface area (Å²) >= 11 is 0. The van der Waals surface area contributed by atoms with Gasteiger partial charge in [0.05, 0.1) is 17.1 Å². The van der Waals surface area contributed by atoms with E-state index in [2.05, 4.69) is 13.0 Å². The Balaban J connectivity index is 2.08. The molecule has 2 heteroatoms. The minimum absolute atomic E-state index is 0.406. The van der Waals surface area contributed by atoms with Gasteiger partial charge < -0.3 is 5.11 Å². The van der Waals surface area contributed by atoms with Gasteiger partial charge in [0.1, 0.15) is 0 Å². The average Bonchev–Trinajstić information content (AvgIpc) is 2.26. The normalized spacial score (nSPS) is 39.1. The smallest absolute Gasteiger partial charge is 0.0860 e. The van der Waals surface area contributed by atoms with Crippen molar-refractivity contribution in [2.75, 3.05) is 0 Å². The number of nitriles is 1. The molecule has 0 saturated heterocycles. The van der Waals surface area contributed by atoms with Crippen molar-refractivity contribution in [3.8, 4) is 6.07 Å². The van der Waals surface area contributed by atoms with Crippen LogP contribution < -0.4 is 0 Å². The van der Waals surface area contributed by atoms with Gasteiger partial charge >= 0.3 is 0 Å². The van der Waals surface area contributed by atoms with E-state index in [1.807, 2.05) is 0 Å². The molecule has 0 bridgehead atoms. The van der Waals surface area contributed by atoms with Crippen molar-refractivity contribution in [1.82, 2.24) is 0 Å². The number of rotatable bonds is 2. The molecule has 2 saturated carbocycles. The zero-order chi connectivity index (χ0) is 10.9. The summed E-state index contributed by atoms with van der Waals surface area (Å²) in [6.07, 6.45) is 8.10. The van der Waals surface area contributed by atoms with Gasteiger partial charge in [0, 0.05) is 0 Å². The lowest BCUT2D eigenvalue weighted by Crippen LogP contribution is -2.54. The first-order valence-electron chi connectivity index (χ1n) is 6.29. The topological polar surface area (TPSA) is 44.0 Å². The summed E-state index contributed by atoms with van der Waals surface area (Å²) in [6.45, 7) is 2.22. The summed E-state index contributed by atoms with van der Waals surface area (Å²) in [5, 5.41) is 19.8. The van der Waals surface area contributed by atoms with Crippen LogP contribution in [0.25, 0.3) is 0 Å². The minimum atomic E-state index is -0.638. The van der Waals surface area contributed by atoms with Crippen molar-refractivity contribution < 1.29 is 5.11 Å². The quantitative estimate of drug-likeness (QED) is 0.756. The fourth-order valence-electron chi connectivity index (χ4n) is 3.25. The van der Waals surface area contributed by atoms with E-state index >= 15 is 0 Å². The highest BCUT2D eigenvalue weighted by Crippen LogP contribution is 2.54. The number of hydrogen-bond acceptors (Lipinski definition) is 2. The van der Waals surface area contributed by atoms with Gasteiger partial charge in [-0.15, -0.1) is 0 Å². The molecule has 2 nitrogen and oxygen atoms in total. The van der Waals surface area contributed by atoms with Crippen LogP contribution in [0.1, 0.15) is 58.3 Å². The summed E-state index contributed by atoms with van der Waals surface area (Å²) in [7, 11) is 0. The molecule has 0 aromatic carbocycles. The summed E-state index contributed by atoms with van der Waals surface area (Å²) in [5.74, 6) is 0.787. The maximum Gasteiger partial charge on any atom is 0.0860 e. The third-order valence-electron chi connectivity index (χ3n) is 4.82. The fraction of sp³-hybridized carbons (Fsp3) is 0.923. The van der Waals surface area contributed by atoms with Crippen LogP contribution in [0.4, 0.5) is 0 Å². The molecule has 0 aliphatic heterocycles. The van der Waals surface area contributed by atoms with Crippen molar-refractivity contribution in [3.05, 3.63) is 0 Å². The molecule has 15 heavy (non-hydrogen) atoms. The maximum atomic E-state index is 10.4. The van der Waals surface area contributed by atoms with Crippen LogP contribution in [0.15, 0.2) is 0 Å². The van der Waals surface area contributed by atoms with Gasteiger partial charge in [-0.25, -0.2) is 0 Å². The molecule has 0 heterocycles. The molecule has 2 aliphatic rings. The third kappa shape index (κ3) is 1.58. The maximum absolute atomic E-state index is 10.4. The largest absolute Gasteiger partial charge is 0.388 e. The Labute approximate surface area is 92.3 Å². The van der Waals surface area contributed by atoms with Crippen molar-refractivity contribution in [2.45, 2.75) is 63.9 Å². The first kappa shape index (κ1) is 11.0. The zero-order valence-electron chi connectivity index (χ0n) is 9.63. The Bertz CT molecular complexity index is 267. The van der Waals surface area contributed by atoms with Crippen molar-refractivity contribution >= 4 is 0 Å². The molecule has 0 aromatic rings. The molecule has 2 rings (SSSR count). The third-order valence-corrected chi connectivity index (χ3v) is 4.82. The summed E-state index contributed by atoms with van der Waals surface area (Å²) in [5.41, 5.74) is -1.04. The van der Waals surface area contributed by atoms with Gasteiger partial charge in [0.25, 0.3) is 0 Å². The Morgan fingerprint density at radius 3 is 2.20 bits per heavy atom. The standard InChI is InChI=1S/C13H21NO/c1-2-11-4-8-12(10-14,9-5-11)13(15)6-3-7-13/h11,15H,2-9H2,1H3. The van der Waals surface area contributed by atoms with Crippen LogP contribution in [0, 0.1) is 22.7 Å². The first-order chi connectivity index (χ1) is 7.16. The van der Waals surface area contributed by atoms with E-state index in [0.717, 1.165) is 50.9 Å². The number of nitrogens with zero attached hydrogens (tertiary/aromatic N) is 1. The van der Waals surface area contributed by atoms with E-state index in [0.29, 0.717) is 0 Å². The molecule has 0 aromatic heterocycles. The number of aliphatic hydroxyl groups is 1. The van der Waals surface area contributed by atoms with Crippen molar-refractivity contribution in [2.24, 2.45) is 11.3 Å². The fourth-order valence-corrected chi connectivity index (χ4v) is 3.25. The molecule has 0 radical (unpaired) electrons. The predicted molar refractivity (Wildman–Crippen MR) is 59.1 cm³/mol. The van der Waals surface area contributed by atoms with Crippen LogP contribution in [0.3, 0.4) is 0 Å². The van der Waals surface area contributed by atoms with E-state index in [9.17, 15) is 10.4 Å².